The smallest absolute Gasteiger partial charge is 0.309 e. The molecule has 8 atom stereocenters. The predicted octanol–water partition coefficient (Wildman–Crippen LogP) is 6.62. The first kappa shape index (κ1) is 24.3. The van der Waals surface area contributed by atoms with Crippen molar-refractivity contribution in [3.8, 4) is 0 Å². The molecule has 5 aliphatic carbocycles. The van der Waals surface area contributed by atoms with Gasteiger partial charge in [-0.1, -0.05) is 53.2 Å². The van der Waals surface area contributed by atoms with Gasteiger partial charge < -0.3 is 5.11 Å². The zero-order chi connectivity index (χ0) is 25.1. The quantitative estimate of drug-likeness (QED) is 0.347. The van der Waals surface area contributed by atoms with Gasteiger partial charge in [0.1, 0.15) is 11.6 Å². The largest absolute Gasteiger partial charge is 0.481 e. The Bertz CT molecular complexity index is 1010. The fraction of sp³-hybridized carbons (Fsp3) is 0.833. The van der Waals surface area contributed by atoms with E-state index in [-0.39, 0.29) is 46.1 Å². The van der Waals surface area contributed by atoms with E-state index in [0.29, 0.717) is 5.92 Å². The SMILES string of the molecule is CC1(C)C(=O)CC(=O)[C@]2(C)[C@H]3CC=C4[C@@H]5C[C@](C)(C(=O)O)CC[C@]5(C)CC[C@@]4(C)[C@]3(C)CC[C@@H]12. The topological polar surface area (TPSA) is 71.4 Å². The number of carbonyl (C=O) groups is 3. The molecule has 0 aromatic rings. The zero-order valence-electron chi connectivity index (χ0n) is 22.3. The number of allylic oxidation sites excluding steroid dienone is 2. The van der Waals surface area contributed by atoms with Crippen LogP contribution in [0.15, 0.2) is 11.6 Å². The molecule has 0 aliphatic heterocycles. The summed E-state index contributed by atoms with van der Waals surface area (Å²) >= 11 is 0. The molecule has 0 aromatic heterocycles. The van der Waals surface area contributed by atoms with Crippen LogP contribution in [0.1, 0.15) is 106 Å². The van der Waals surface area contributed by atoms with Crippen LogP contribution >= 0.6 is 0 Å². The molecule has 0 amide bonds. The number of carbonyl (C=O) groups excluding carboxylic acids is 2. The van der Waals surface area contributed by atoms with Crippen molar-refractivity contribution >= 4 is 17.5 Å². The first-order chi connectivity index (χ1) is 15.6. The van der Waals surface area contributed by atoms with Crippen LogP contribution in [0.4, 0.5) is 0 Å². The highest BCUT2D eigenvalue weighted by Gasteiger charge is 2.70. The number of hydrogen-bond acceptors (Lipinski definition) is 3. The van der Waals surface area contributed by atoms with Crippen molar-refractivity contribution in [2.45, 2.75) is 106 Å². The summed E-state index contributed by atoms with van der Waals surface area (Å²) in [6.07, 6.45) is 10.1. The maximum atomic E-state index is 13.6. The summed E-state index contributed by atoms with van der Waals surface area (Å²) in [5, 5.41) is 10.0. The van der Waals surface area contributed by atoms with E-state index >= 15 is 0 Å². The lowest BCUT2D eigenvalue weighted by Gasteiger charge is -2.70. The normalized spacial score (nSPS) is 52.0. The Morgan fingerprint density at radius 2 is 1.53 bits per heavy atom. The van der Waals surface area contributed by atoms with Crippen molar-refractivity contribution in [2.24, 2.45) is 50.2 Å². The standard InChI is InChI=1S/C30H44O4/c1-25(2)20-10-11-29(6)21(30(20,7)23(32)16-22(25)31)9-8-18-19-17-27(4,24(33)34)13-12-26(19,3)14-15-28(18,29)5/h8,19-21H,9-17H2,1-7H3,(H,33,34)/t19-,20-,21-,26+,27+,28+,29+,30-/m0/s1. The molecular formula is C30H44O4. The Hall–Kier alpha value is -1.45. The number of ketones is 2. The molecular weight excluding hydrogens is 424 g/mol. The van der Waals surface area contributed by atoms with Crippen LogP contribution in [0.25, 0.3) is 0 Å². The highest BCUT2D eigenvalue weighted by atomic mass is 16.4. The molecule has 5 aliphatic rings. The molecule has 0 heterocycles. The average Bonchev–Trinajstić information content (AvgIpc) is 2.74. The van der Waals surface area contributed by atoms with Crippen LogP contribution in [-0.4, -0.2) is 22.6 Å². The van der Waals surface area contributed by atoms with Gasteiger partial charge in [-0.2, -0.15) is 0 Å². The second kappa shape index (κ2) is 6.85. The molecule has 34 heavy (non-hydrogen) atoms. The van der Waals surface area contributed by atoms with Crippen molar-refractivity contribution < 1.29 is 19.5 Å². The lowest BCUT2D eigenvalue weighted by Crippen LogP contribution is -2.66. The van der Waals surface area contributed by atoms with Crippen LogP contribution in [0.3, 0.4) is 0 Å². The fourth-order valence-electron chi connectivity index (χ4n) is 10.1. The van der Waals surface area contributed by atoms with E-state index in [2.05, 4.69) is 47.6 Å². The van der Waals surface area contributed by atoms with Crippen molar-refractivity contribution in [1.82, 2.24) is 0 Å². The Labute approximate surface area is 205 Å². The number of carboxylic acid groups (broad SMARTS) is 1. The summed E-state index contributed by atoms with van der Waals surface area (Å²) in [5.41, 5.74) is 0.0238. The third-order valence-corrected chi connectivity index (χ3v) is 13.0. The summed E-state index contributed by atoms with van der Waals surface area (Å²) in [6, 6.07) is 0. The molecule has 0 spiro atoms. The van der Waals surface area contributed by atoms with E-state index < -0.39 is 22.2 Å². The Morgan fingerprint density at radius 3 is 2.18 bits per heavy atom. The molecule has 4 nitrogen and oxygen atoms in total. The molecule has 0 radical (unpaired) electrons. The van der Waals surface area contributed by atoms with Crippen LogP contribution < -0.4 is 0 Å². The summed E-state index contributed by atoms with van der Waals surface area (Å²) in [5.74, 6) is 0.246. The maximum Gasteiger partial charge on any atom is 0.309 e. The highest BCUT2D eigenvalue weighted by molar-refractivity contribution is 6.07. The second-order valence-electron chi connectivity index (χ2n) is 14.6. The molecule has 188 valence electrons. The Balaban J connectivity index is 1.61. The first-order valence-corrected chi connectivity index (χ1v) is 13.6. The summed E-state index contributed by atoms with van der Waals surface area (Å²) in [4.78, 5) is 38.7. The number of fused-ring (bicyclic) bond motifs is 7. The third kappa shape index (κ3) is 2.69. The first-order valence-electron chi connectivity index (χ1n) is 13.6. The highest BCUT2D eigenvalue weighted by Crippen LogP contribution is 2.75. The van der Waals surface area contributed by atoms with E-state index in [0.717, 1.165) is 51.4 Å². The number of aliphatic carboxylic acids is 1. The van der Waals surface area contributed by atoms with Gasteiger partial charge in [0.25, 0.3) is 0 Å². The molecule has 0 bridgehead atoms. The molecule has 4 heteroatoms. The summed E-state index contributed by atoms with van der Waals surface area (Å²) in [6.45, 7) is 15.5. The van der Waals surface area contributed by atoms with Crippen molar-refractivity contribution in [3.05, 3.63) is 11.6 Å². The molecule has 0 aromatic carbocycles. The van der Waals surface area contributed by atoms with E-state index in [1.54, 1.807) is 0 Å². The minimum Gasteiger partial charge on any atom is -0.481 e. The summed E-state index contributed by atoms with van der Waals surface area (Å²) < 4.78 is 0. The van der Waals surface area contributed by atoms with E-state index in [1.807, 2.05) is 6.92 Å². The third-order valence-electron chi connectivity index (χ3n) is 13.0. The number of Topliss-reactive ketones (excluding diaryl/α,β-unsaturated/α-hetero) is 2. The van der Waals surface area contributed by atoms with Gasteiger partial charge in [-0.05, 0) is 92.3 Å². The van der Waals surface area contributed by atoms with E-state index in [1.165, 1.54) is 5.57 Å². The minimum absolute atomic E-state index is 0.0210. The molecule has 0 saturated heterocycles. The van der Waals surface area contributed by atoms with Gasteiger partial charge in [-0.3, -0.25) is 14.4 Å². The van der Waals surface area contributed by atoms with Gasteiger partial charge >= 0.3 is 5.97 Å². The molecule has 0 unspecified atom stereocenters. The van der Waals surface area contributed by atoms with Gasteiger partial charge in [0, 0.05) is 10.8 Å². The lowest BCUT2D eigenvalue weighted by atomic mass is 9.33. The van der Waals surface area contributed by atoms with Crippen molar-refractivity contribution in [1.29, 1.82) is 0 Å². The molecule has 4 saturated carbocycles. The molecule has 5 rings (SSSR count). The molecule has 4 fully saturated rings. The van der Waals surface area contributed by atoms with Gasteiger partial charge in [0.2, 0.25) is 0 Å². The Morgan fingerprint density at radius 1 is 0.882 bits per heavy atom. The average molecular weight is 469 g/mol. The van der Waals surface area contributed by atoms with Gasteiger partial charge in [-0.15, -0.1) is 0 Å². The minimum atomic E-state index is -0.658. The van der Waals surface area contributed by atoms with Gasteiger partial charge in [0.05, 0.1) is 11.8 Å². The van der Waals surface area contributed by atoms with Crippen LogP contribution in [-0.2, 0) is 14.4 Å². The maximum absolute atomic E-state index is 13.6. The van der Waals surface area contributed by atoms with Gasteiger partial charge in [0.15, 0.2) is 0 Å². The second-order valence-corrected chi connectivity index (χ2v) is 14.6. The van der Waals surface area contributed by atoms with Crippen molar-refractivity contribution in [2.75, 3.05) is 0 Å². The van der Waals surface area contributed by atoms with Crippen LogP contribution in [0.2, 0.25) is 0 Å². The van der Waals surface area contributed by atoms with Crippen LogP contribution in [0.5, 0.6) is 0 Å². The lowest BCUT2D eigenvalue weighted by molar-refractivity contribution is -0.189. The number of hydrogen-bond donors (Lipinski definition) is 1. The monoisotopic (exact) mass is 468 g/mol. The fourth-order valence-corrected chi connectivity index (χ4v) is 10.1. The van der Waals surface area contributed by atoms with E-state index in [4.69, 9.17) is 0 Å². The number of rotatable bonds is 1. The Kier molecular flexibility index (Phi) is 4.89. The van der Waals surface area contributed by atoms with Crippen LogP contribution in [0, 0.1) is 50.2 Å². The predicted molar refractivity (Wildman–Crippen MR) is 132 cm³/mol. The van der Waals surface area contributed by atoms with Gasteiger partial charge in [-0.25, -0.2) is 0 Å². The number of carboxylic acids is 1. The summed E-state index contributed by atoms with van der Waals surface area (Å²) in [7, 11) is 0. The molecule has 1 N–H and O–H groups in total. The van der Waals surface area contributed by atoms with E-state index in [9.17, 15) is 19.5 Å². The zero-order valence-corrected chi connectivity index (χ0v) is 22.3. The van der Waals surface area contributed by atoms with Crippen molar-refractivity contribution in [3.63, 3.8) is 0 Å².